The molecule has 1 rings (SSSR count). The van der Waals surface area contributed by atoms with Crippen molar-refractivity contribution in [1.82, 2.24) is 10.2 Å². The second kappa shape index (κ2) is 5.32. The highest BCUT2D eigenvalue weighted by Gasteiger charge is 2.15. The predicted octanol–water partition coefficient (Wildman–Crippen LogP) is -0.351. The molecule has 0 aliphatic carbocycles. The first-order valence-electron chi connectivity index (χ1n) is 4.90. The standard InChI is InChI=1S/C9H20N4/c1-13-4-2-9(3-5-13)12-7-8(11)6-10/h9,11-12H,2-7,10H2,1H3. The number of piperidine rings is 1. The van der Waals surface area contributed by atoms with Gasteiger partial charge in [-0.15, -0.1) is 0 Å². The summed E-state index contributed by atoms with van der Waals surface area (Å²) in [7, 11) is 2.15. The number of hydrogen-bond acceptors (Lipinski definition) is 4. The topological polar surface area (TPSA) is 65.1 Å². The maximum atomic E-state index is 7.40. The van der Waals surface area contributed by atoms with Gasteiger partial charge in [0.05, 0.1) is 0 Å². The second-order valence-electron chi connectivity index (χ2n) is 3.77. The van der Waals surface area contributed by atoms with Gasteiger partial charge in [0.2, 0.25) is 0 Å². The van der Waals surface area contributed by atoms with E-state index in [-0.39, 0.29) is 0 Å². The van der Waals surface area contributed by atoms with E-state index in [9.17, 15) is 0 Å². The third kappa shape index (κ3) is 3.85. The van der Waals surface area contributed by atoms with Gasteiger partial charge in [0, 0.05) is 24.8 Å². The fourth-order valence-electron chi connectivity index (χ4n) is 1.55. The van der Waals surface area contributed by atoms with Crippen LogP contribution in [-0.4, -0.2) is 49.9 Å². The summed E-state index contributed by atoms with van der Waals surface area (Å²) in [4.78, 5) is 2.34. The molecule has 0 unspecified atom stereocenters. The zero-order valence-electron chi connectivity index (χ0n) is 8.34. The van der Waals surface area contributed by atoms with Crippen LogP contribution in [-0.2, 0) is 0 Å². The summed E-state index contributed by atoms with van der Waals surface area (Å²) in [5, 5.41) is 10.8. The van der Waals surface area contributed by atoms with Crippen molar-refractivity contribution in [3.05, 3.63) is 0 Å². The van der Waals surface area contributed by atoms with Gasteiger partial charge in [-0.25, -0.2) is 0 Å². The molecule has 1 fully saturated rings. The molecule has 1 heterocycles. The molecule has 13 heavy (non-hydrogen) atoms. The van der Waals surface area contributed by atoms with Crippen molar-refractivity contribution in [1.29, 1.82) is 5.41 Å². The molecule has 0 aromatic heterocycles. The lowest BCUT2D eigenvalue weighted by Gasteiger charge is -2.29. The second-order valence-corrected chi connectivity index (χ2v) is 3.77. The van der Waals surface area contributed by atoms with Crippen molar-refractivity contribution in [2.24, 2.45) is 5.73 Å². The summed E-state index contributed by atoms with van der Waals surface area (Å²) in [5.74, 6) is 0. The Kier molecular flexibility index (Phi) is 4.35. The minimum Gasteiger partial charge on any atom is -0.325 e. The van der Waals surface area contributed by atoms with Crippen LogP contribution in [0.1, 0.15) is 12.8 Å². The Balaban J connectivity index is 2.12. The van der Waals surface area contributed by atoms with Crippen LogP contribution in [0.15, 0.2) is 0 Å². The molecule has 0 amide bonds. The van der Waals surface area contributed by atoms with E-state index in [0.717, 1.165) is 13.1 Å². The molecule has 4 N–H and O–H groups in total. The first kappa shape index (κ1) is 10.6. The average molecular weight is 184 g/mol. The summed E-state index contributed by atoms with van der Waals surface area (Å²) in [6.45, 7) is 3.35. The Morgan fingerprint density at radius 2 is 2.15 bits per heavy atom. The van der Waals surface area contributed by atoms with Crippen molar-refractivity contribution in [2.45, 2.75) is 18.9 Å². The SMILES string of the molecule is CN1CCC(NCC(=N)CN)CC1. The highest BCUT2D eigenvalue weighted by atomic mass is 15.1. The van der Waals surface area contributed by atoms with E-state index >= 15 is 0 Å². The van der Waals surface area contributed by atoms with Gasteiger partial charge < -0.3 is 21.4 Å². The van der Waals surface area contributed by atoms with E-state index in [4.69, 9.17) is 11.1 Å². The van der Waals surface area contributed by atoms with Crippen LogP contribution >= 0.6 is 0 Å². The van der Waals surface area contributed by atoms with Gasteiger partial charge in [-0.2, -0.15) is 0 Å². The highest BCUT2D eigenvalue weighted by Crippen LogP contribution is 2.07. The zero-order chi connectivity index (χ0) is 9.68. The van der Waals surface area contributed by atoms with Crippen molar-refractivity contribution in [3.63, 3.8) is 0 Å². The molecule has 0 saturated carbocycles. The maximum absolute atomic E-state index is 7.40. The van der Waals surface area contributed by atoms with E-state index in [1.807, 2.05) is 0 Å². The predicted molar refractivity (Wildman–Crippen MR) is 55.3 cm³/mol. The fourth-order valence-corrected chi connectivity index (χ4v) is 1.55. The van der Waals surface area contributed by atoms with Crippen LogP contribution in [0, 0.1) is 5.41 Å². The quantitative estimate of drug-likeness (QED) is 0.523. The van der Waals surface area contributed by atoms with Gasteiger partial charge in [0.15, 0.2) is 0 Å². The van der Waals surface area contributed by atoms with Gasteiger partial charge in [0.25, 0.3) is 0 Å². The number of nitrogens with one attached hydrogen (secondary N) is 2. The van der Waals surface area contributed by atoms with E-state index in [2.05, 4.69) is 17.3 Å². The van der Waals surface area contributed by atoms with Gasteiger partial charge in [-0.3, -0.25) is 0 Å². The van der Waals surface area contributed by atoms with Gasteiger partial charge in [-0.1, -0.05) is 0 Å². The van der Waals surface area contributed by atoms with Crippen molar-refractivity contribution in [2.75, 3.05) is 33.2 Å². The highest BCUT2D eigenvalue weighted by molar-refractivity contribution is 5.85. The molecule has 0 radical (unpaired) electrons. The van der Waals surface area contributed by atoms with Crippen molar-refractivity contribution >= 4 is 5.71 Å². The van der Waals surface area contributed by atoms with Crippen LogP contribution in [0.3, 0.4) is 0 Å². The number of nitrogens with two attached hydrogens (primary N) is 1. The Morgan fingerprint density at radius 3 is 2.69 bits per heavy atom. The summed E-state index contributed by atoms with van der Waals surface area (Å²) in [6.07, 6.45) is 2.38. The van der Waals surface area contributed by atoms with E-state index in [1.54, 1.807) is 0 Å². The van der Waals surface area contributed by atoms with Gasteiger partial charge in [0.1, 0.15) is 0 Å². The number of rotatable bonds is 4. The third-order valence-corrected chi connectivity index (χ3v) is 2.57. The molecule has 1 saturated heterocycles. The molecule has 0 spiro atoms. The van der Waals surface area contributed by atoms with Gasteiger partial charge in [-0.05, 0) is 33.0 Å². The molecular weight excluding hydrogens is 164 g/mol. The molecule has 4 nitrogen and oxygen atoms in total. The van der Waals surface area contributed by atoms with Crippen LogP contribution in [0.4, 0.5) is 0 Å². The fraction of sp³-hybridized carbons (Fsp3) is 0.889. The van der Waals surface area contributed by atoms with E-state index in [1.165, 1.54) is 12.8 Å². The van der Waals surface area contributed by atoms with Crippen molar-refractivity contribution in [3.8, 4) is 0 Å². The molecule has 4 heteroatoms. The summed E-state index contributed by atoms with van der Waals surface area (Å²) in [5.41, 5.74) is 5.93. The summed E-state index contributed by atoms with van der Waals surface area (Å²) < 4.78 is 0. The Morgan fingerprint density at radius 1 is 1.54 bits per heavy atom. The molecular formula is C9H20N4. The Hall–Kier alpha value is -0.450. The van der Waals surface area contributed by atoms with Crippen LogP contribution < -0.4 is 11.1 Å². The minimum absolute atomic E-state index is 0.375. The average Bonchev–Trinajstić information content (AvgIpc) is 2.16. The third-order valence-electron chi connectivity index (χ3n) is 2.57. The smallest absolute Gasteiger partial charge is 0.0363 e. The minimum atomic E-state index is 0.375. The number of nitrogens with zero attached hydrogens (tertiary/aromatic N) is 1. The van der Waals surface area contributed by atoms with Crippen LogP contribution in [0.5, 0.6) is 0 Å². The zero-order valence-corrected chi connectivity index (χ0v) is 8.34. The lowest BCUT2D eigenvalue weighted by Crippen LogP contribution is -2.43. The Bertz CT molecular complexity index is 161. The molecule has 1 aliphatic rings. The first-order valence-corrected chi connectivity index (χ1v) is 4.90. The Labute approximate surface area is 80.0 Å². The lowest BCUT2D eigenvalue weighted by molar-refractivity contribution is 0.238. The van der Waals surface area contributed by atoms with Crippen LogP contribution in [0.25, 0.3) is 0 Å². The number of hydrogen-bond donors (Lipinski definition) is 3. The maximum Gasteiger partial charge on any atom is 0.0363 e. The number of likely N-dealkylation sites (tertiary alicyclic amines) is 1. The summed E-state index contributed by atoms with van der Waals surface area (Å²) in [6, 6.07) is 0.586. The molecule has 1 aliphatic heterocycles. The van der Waals surface area contributed by atoms with E-state index in [0.29, 0.717) is 24.8 Å². The largest absolute Gasteiger partial charge is 0.325 e. The lowest BCUT2D eigenvalue weighted by atomic mass is 10.1. The summed E-state index contributed by atoms with van der Waals surface area (Å²) >= 11 is 0. The molecule has 0 aromatic rings. The normalized spacial score (nSPS) is 20.5. The molecule has 0 aromatic carbocycles. The molecule has 0 bridgehead atoms. The van der Waals surface area contributed by atoms with Crippen LogP contribution in [0.2, 0.25) is 0 Å². The first-order chi connectivity index (χ1) is 6.22. The monoisotopic (exact) mass is 184 g/mol. The van der Waals surface area contributed by atoms with Crippen molar-refractivity contribution < 1.29 is 0 Å². The van der Waals surface area contributed by atoms with E-state index < -0.39 is 0 Å². The molecule has 0 atom stereocenters. The van der Waals surface area contributed by atoms with Gasteiger partial charge >= 0.3 is 0 Å². The molecule has 76 valence electrons.